The van der Waals surface area contributed by atoms with E-state index < -0.39 is 17.2 Å². The third kappa shape index (κ3) is 3.02. The predicted molar refractivity (Wildman–Crippen MR) is 81.2 cm³/mol. The fourth-order valence-electron chi connectivity index (χ4n) is 2.19. The summed E-state index contributed by atoms with van der Waals surface area (Å²) in [7, 11) is 1.43. The molecule has 2 aromatic rings. The van der Waals surface area contributed by atoms with E-state index in [1.807, 2.05) is 6.92 Å². The molecule has 120 valence electrons. The number of aromatic nitrogens is 4. The van der Waals surface area contributed by atoms with Crippen molar-refractivity contribution in [2.45, 2.75) is 32.7 Å². The SMILES string of the molecule is CCCn1c(=O)n(C)c(=O)c2[nH]c(NCCCC(=O)O)nc21. The first-order chi connectivity index (χ1) is 10.5. The minimum absolute atomic E-state index is 0.0511. The number of carboxylic acid groups (broad SMARTS) is 1. The summed E-state index contributed by atoms with van der Waals surface area (Å²) in [6.07, 6.45) is 1.23. The van der Waals surface area contributed by atoms with Gasteiger partial charge in [0.25, 0.3) is 5.56 Å². The number of rotatable bonds is 7. The van der Waals surface area contributed by atoms with Gasteiger partial charge in [0, 0.05) is 26.6 Å². The van der Waals surface area contributed by atoms with Crippen molar-refractivity contribution < 1.29 is 9.90 Å². The number of anilines is 1. The molecule has 0 amide bonds. The van der Waals surface area contributed by atoms with Crippen LogP contribution in [0.3, 0.4) is 0 Å². The van der Waals surface area contributed by atoms with E-state index in [9.17, 15) is 14.4 Å². The molecule has 0 unspecified atom stereocenters. The first-order valence-corrected chi connectivity index (χ1v) is 7.11. The van der Waals surface area contributed by atoms with Gasteiger partial charge in [0.05, 0.1) is 0 Å². The molecule has 9 nitrogen and oxygen atoms in total. The molecule has 0 radical (unpaired) electrons. The lowest BCUT2D eigenvalue weighted by Gasteiger charge is -2.06. The molecule has 3 N–H and O–H groups in total. The molecule has 0 atom stereocenters. The van der Waals surface area contributed by atoms with Crippen LogP contribution in [-0.2, 0) is 18.4 Å². The van der Waals surface area contributed by atoms with E-state index in [0.29, 0.717) is 31.1 Å². The zero-order valence-electron chi connectivity index (χ0n) is 12.5. The Morgan fingerprint density at radius 1 is 1.41 bits per heavy atom. The third-order valence-corrected chi connectivity index (χ3v) is 3.28. The van der Waals surface area contributed by atoms with Crippen LogP contribution in [0.25, 0.3) is 11.2 Å². The Hall–Kier alpha value is -2.58. The van der Waals surface area contributed by atoms with Crippen molar-refractivity contribution >= 4 is 23.1 Å². The summed E-state index contributed by atoms with van der Waals surface area (Å²) in [5, 5.41) is 11.5. The van der Waals surface area contributed by atoms with Gasteiger partial charge in [-0.2, -0.15) is 4.98 Å². The van der Waals surface area contributed by atoms with Crippen molar-refractivity contribution in [3.63, 3.8) is 0 Å². The lowest BCUT2D eigenvalue weighted by molar-refractivity contribution is -0.137. The minimum atomic E-state index is -0.864. The number of hydrogen-bond donors (Lipinski definition) is 3. The Bertz CT molecular complexity index is 801. The molecule has 0 saturated heterocycles. The Balaban J connectivity index is 2.34. The first kappa shape index (κ1) is 15.8. The second-order valence-electron chi connectivity index (χ2n) is 5.01. The van der Waals surface area contributed by atoms with Gasteiger partial charge in [0.2, 0.25) is 5.95 Å². The summed E-state index contributed by atoms with van der Waals surface area (Å²) < 4.78 is 2.50. The highest BCUT2D eigenvalue weighted by Gasteiger charge is 2.14. The van der Waals surface area contributed by atoms with Crippen molar-refractivity contribution in [2.75, 3.05) is 11.9 Å². The van der Waals surface area contributed by atoms with Crippen molar-refractivity contribution in [3.8, 4) is 0 Å². The molecule has 0 saturated carbocycles. The van der Waals surface area contributed by atoms with Crippen molar-refractivity contribution in [3.05, 3.63) is 20.8 Å². The van der Waals surface area contributed by atoms with E-state index in [0.717, 1.165) is 11.0 Å². The summed E-state index contributed by atoms with van der Waals surface area (Å²) in [4.78, 5) is 41.8. The summed E-state index contributed by atoms with van der Waals surface area (Å²) in [5.74, 6) is -0.509. The first-order valence-electron chi connectivity index (χ1n) is 7.11. The molecular weight excluding hydrogens is 290 g/mol. The Kier molecular flexibility index (Phi) is 4.64. The number of aryl methyl sites for hydroxylation is 1. The fraction of sp³-hybridized carbons (Fsp3) is 0.538. The van der Waals surface area contributed by atoms with Crippen molar-refractivity contribution in [1.82, 2.24) is 19.1 Å². The molecule has 2 aromatic heterocycles. The quantitative estimate of drug-likeness (QED) is 0.624. The lowest BCUT2D eigenvalue weighted by atomic mass is 10.3. The third-order valence-electron chi connectivity index (χ3n) is 3.28. The molecule has 0 aliphatic rings. The highest BCUT2D eigenvalue weighted by Crippen LogP contribution is 2.09. The monoisotopic (exact) mass is 309 g/mol. The largest absolute Gasteiger partial charge is 0.481 e. The standard InChI is InChI=1S/C13H19N5O4/c1-3-7-18-10-9(11(21)17(2)13(18)22)15-12(16-10)14-6-4-5-8(19)20/h3-7H2,1-2H3,(H,19,20)(H2,14,15,16). The van der Waals surface area contributed by atoms with E-state index >= 15 is 0 Å². The lowest BCUT2D eigenvalue weighted by Crippen LogP contribution is -2.38. The van der Waals surface area contributed by atoms with Crippen molar-refractivity contribution in [1.29, 1.82) is 0 Å². The molecule has 9 heteroatoms. The number of hydrogen-bond acceptors (Lipinski definition) is 5. The van der Waals surface area contributed by atoms with E-state index in [4.69, 9.17) is 5.11 Å². The second-order valence-corrected chi connectivity index (χ2v) is 5.01. The van der Waals surface area contributed by atoms with Crippen LogP contribution in [-0.4, -0.2) is 36.7 Å². The normalized spacial score (nSPS) is 11.0. The summed E-state index contributed by atoms with van der Waals surface area (Å²) in [5.41, 5.74) is -0.256. The topological polar surface area (TPSA) is 122 Å². The molecule has 22 heavy (non-hydrogen) atoms. The van der Waals surface area contributed by atoms with Crippen LogP contribution in [0.1, 0.15) is 26.2 Å². The number of fused-ring (bicyclic) bond motifs is 1. The molecule has 0 aliphatic carbocycles. The van der Waals surface area contributed by atoms with Crippen LogP contribution in [0.2, 0.25) is 0 Å². The maximum absolute atomic E-state index is 12.1. The average molecular weight is 309 g/mol. The van der Waals surface area contributed by atoms with E-state index in [-0.39, 0.29) is 11.9 Å². The smallest absolute Gasteiger partial charge is 0.332 e. The number of imidazole rings is 1. The van der Waals surface area contributed by atoms with E-state index in [2.05, 4.69) is 15.3 Å². The second kappa shape index (κ2) is 6.46. The van der Waals surface area contributed by atoms with E-state index in [1.54, 1.807) is 0 Å². The summed E-state index contributed by atoms with van der Waals surface area (Å²) >= 11 is 0. The van der Waals surface area contributed by atoms with Crippen LogP contribution in [0.5, 0.6) is 0 Å². The van der Waals surface area contributed by atoms with Gasteiger partial charge in [-0.15, -0.1) is 0 Å². The zero-order chi connectivity index (χ0) is 16.3. The minimum Gasteiger partial charge on any atom is -0.481 e. The van der Waals surface area contributed by atoms with Gasteiger partial charge in [0.1, 0.15) is 0 Å². The van der Waals surface area contributed by atoms with Gasteiger partial charge in [-0.3, -0.25) is 18.7 Å². The van der Waals surface area contributed by atoms with Crippen LogP contribution in [0.15, 0.2) is 9.59 Å². The predicted octanol–water partition coefficient (Wildman–Crippen LogP) is 0.110. The van der Waals surface area contributed by atoms with Crippen LogP contribution < -0.4 is 16.6 Å². The highest BCUT2D eigenvalue weighted by molar-refractivity contribution is 5.72. The van der Waals surface area contributed by atoms with Gasteiger partial charge in [0.15, 0.2) is 11.2 Å². The van der Waals surface area contributed by atoms with Crippen LogP contribution in [0.4, 0.5) is 5.95 Å². The number of H-pyrrole nitrogens is 1. The molecular formula is C13H19N5O4. The molecule has 0 aromatic carbocycles. The van der Waals surface area contributed by atoms with Gasteiger partial charge in [-0.25, -0.2) is 4.79 Å². The number of aliphatic carboxylic acids is 1. The zero-order valence-corrected chi connectivity index (χ0v) is 12.5. The van der Waals surface area contributed by atoms with Gasteiger partial charge < -0.3 is 15.4 Å². The Labute approximate surface area is 125 Å². The molecule has 0 bridgehead atoms. The average Bonchev–Trinajstić information content (AvgIpc) is 2.90. The molecule has 2 rings (SSSR count). The number of carboxylic acids is 1. The highest BCUT2D eigenvalue weighted by atomic mass is 16.4. The molecule has 2 heterocycles. The summed E-state index contributed by atoms with van der Waals surface area (Å²) in [6.45, 7) is 2.80. The van der Waals surface area contributed by atoms with Gasteiger partial charge in [-0.05, 0) is 12.8 Å². The number of nitrogens with zero attached hydrogens (tertiary/aromatic N) is 3. The number of aromatic amines is 1. The molecule has 0 spiro atoms. The number of carbonyl (C=O) groups is 1. The van der Waals surface area contributed by atoms with Crippen LogP contribution in [0, 0.1) is 0 Å². The summed E-state index contributed by atoms with van der Waals surface area (Å²) in [6, 6.07) is 0. The van der Waals surface area contributed by atoms with Gasteiger partial charge in [-0.1, -0.05) is 6.92 Å². The maximum atomic E-state index is 12.1. The van der Waals surface area contributed by atoms with Gasteiger partial charge >= 0.3 is 11.7 Å². The van der Waals surface area contributed by atoms with Crippen molar-refractivity contribution in [2.24, 2.45) is 7.05 Å². The molecule has 0 aliphatic heterocycles. The number of nitrogens with one attached hydrogen (secondary N) is 2. The van der Waals surface area contributed by atoms with Crippen LogP contribution >= 0.6 is 0 Å². The Morgan fingerprint density at radius 3 is 2.77 bits per heavy atom. The maximum Gasteiger partial charge on any atom is 0.332 e. The Morgan fingerprint density at radius 2 is 2.14 bits per heavy atom. The van der Waals surface area contributed by atoms with E-state index in [1.165, 1.54) is 11.6 Å². The molecule has 0 fully saturated rings. The fourth-order valence-corrected chi connectivity index (χ4v) is 2.19.